The van der Waals surface area contributed by atoms with Gasteiger partial charge in [-0.15, -0.1) is 0 Å². The zero-order valence-corrected chi connectivity index (χ0v) is 24.1. The summed E-state index contributed by atoms with van der Waals surface area (Å²) in [5.74, 6) is -0.656. The number of rotatable bonds is 4. The SMILES string of the molecule is COc1cc(F)cnc1N1CCN(C(=O)c2cc3c(C4=CCCCN4C(=O)OC(C)(C)C)cc(Cl)c(F)c3[nH]2)CC1. The quantitative estimate of drug-likeness (QED) is 0.413. The van der Waals surface area contributed by atoms with Crippen LogP contribution in [-0.2, 0) is 4.74 Å². The van der Waals surface area contributed by atoms with Crippen molar-refractivity contribution in [3.63, 3.8) is 0 Å². The van der Waals surface area contributed by atoms with Crippen LogP contribution in [-0.4, -0.2) is 77.2 Å². The average molecular weight is 588 g/mol. The molecule has 41 heavy (non-hydrogen) atoms. The van der Waals surface area contributed by atoms with Gasteiger partial charge in [0, 0.05) is 49.7 Å². The van der Waals surface area contributed by atoms with E-state index in [1.807, 2.05) is 11.0 Å². The Balaban J connectivity index is 1.41. The Labute approximate surface area is 241 Å². The van der Waals surface area contributed by atoms with Crippen molar-refractivity contribution in [1.29, 1.82) is 0 Å². The number of halogens is 3. The first-order chi connectivity index (χ1) is 19.5. The van der Waals surface area contributed by atoms with Gasteiger partial charge in [0.1, 0.15) is 17.1 Å². The van der Waals surface area contributed by atoms with Crippen molar-refractivity contribution >= 4 is 46.0 Å². The molecule has 2 aliphatic rings. The Morgan fingerprint density at radius 1 is 1.07 bits per heavy atom. The van der Waals surface area contributed by atoms with Crippen molar-refractivity contribution in [2.75, 3.05) is 44.7 Å². The minimum absolute atomic E-state index is 0.0883. The van der Waals surface area contributed by atoms with Gasteiger partial charge in [-0.1, -0.05) is 17.7 Å². The van der Waals surface area contributed by atoms with Crippen LogP contribution in [0.15, 0.2) is 30.5 Å². The summed E-state index contributed by atoms with van der Waals surface area (Å²) in [5.41, 5.74) is 0.695. The molecule has 218 valence electrons. The van der Waals surface area contributed by atoms with Crippen molar-refractivity contribution in [3.8, 4) is 5.75 Å². The maximum absolute atomic E-state index is 15.2. The van der Waals surface area contributed by atoms with Gasteiger partial charge in [-0.3, -0.25) is 9.69 Å². The third-order valence-corrected chi connectivity index (χ3v) is 7.30. The number of hydrogen-bond donors (Lipinski definition) is 1. The maximum atomic E-state index is 15.2. The highest BCUT2D eigenvalue weighted by Gasteiger charge is 2.31. The fraction of sp³-hybridized carbons (Fsp3) is 0.414. The third kappa shape index (κ3) is 5.81. The molecule has 0 unspecified atom stereocenters. The van der Waals surface area contributed by atoms with Gasteiger partial charge in [-0.25, -0.2) is 18.6 Å². The molecule has 1 N–H and O–H groups in total. The number of methoxy groups -OCH3 is 1. The minimum atomic E-state index is -0.689. The number of benzene rings is 1. The van der Waals surface area contributed by atoms with Gasteiger partial charge in [0.15, 0.2) is 17.4 Å². The van der Waals surface area contributed by atoms with Crippen LogP contribution in [0.3, 0.4) is 0 Å². The first-order valence-electron chi connectivity index (χ1n) is 13.4. The molecule has 4 heterocycles. The Hall–Kier alpha value is -3.86. The van der Waals surface area contributed by atoms with Gasteiger partial charge in [0.25, 0.3) is 5.91 Å². The fourth-order valence-corrected chi connectivity index (χ4v) is 5.33. The highest BCUT2D eigenvalue weighted by Crippen LogP contribution is 2.37. The lowest BCUT2D eigenvalue weighted by atomic mass is 10.0. The van der Waals surface area contributed by atoms with E-state index < -0.39 is 23.3 Å². The number of amides is 2. The number of allylic oxidation sites excluding steroid dienone is 1. The predicted molar refractivity (Wildman–Crippen MR) is 152 cm³/mol. The van der Waals surface area contributed by atoms with Crippen molar-refractivity contribution in [2.45, 2.75) is 39.2 Å². The Morgan fingerprint density at radius 3 is 2.49 bits per heavy atom. The van der Waals surface area contributed by atoms with E-state index in [-0.39, 0.29) is 22.1 Å². The molecule has 9 nitrogen and oxygen atoms in total. The second-order valence-corrected chi connectivity index (χ2v) is 11.4. The molecule has 1 fully saturated rings. The number of H-pyrrole nitrogens is 1. The molecule has 5 rings (SSSR count). The summed E-state index contributed by atoms with van der Waals surface area (Å²) in [6.07, 6.45) is 4.00. The van der Waals surface area contributed by atoms with Crippen molar-refractivity contribution in [1.82, 2.24) is 19.8 Å². The molecule has 2 amide bonds. The Morgan fingerprint density at radius 2 is 1.80 bits per heavy atom. The summed E-state index contributed by atoms with van der Waals surface area (Å²) in [7, 11) is 1.45. The summed E-state index contributed by atoms with van der Waals surface area (Å²) < 4.78 is 39.7. The van der Waals surface area contributed by atoms with Gasteiger partial charge in [-0.05, 0) is 45.7 Å². The van der Waals surface area contributed by atoms with Crippen LogP contribution in [0.4, 0.5) is 19.4 Å². The van der Waals surface area contributed by atoms with Crippen LogP contribution in [0.2, 0.25) is 5.02 Å². The van der Waals surface area contributed by atoms with Crippen molar-refractivity contribution in [2.24, 2.45) is 0 Å². The van der Waals surface area contributed by atoms with Crippen LogP contribution in [0.25, 0.3) is 16.6 Å². The number of aromatic amines is 1. The molecule has 0 radical (unpaired) electrons. The number of fused-ring (bicyclic) bond motifs is 1. The molecule has 0 aliphatic carbocycles. The van der Waals surface area contributed by atoms with Crippen LogP contribution in [0.5, 0.6) is 5.75 Å². The number of pyridine rings is 1. The number of ether oxygens (including phenoxy) is 2. The topological polar surface area (TPSA) is 91.0 Å². The molecule has 2 aliphatic heterocycles. The summed E-state index contributed by atoms with van der Waals surface area (Å²) >= 11 is 6.29. The van der Waals surface area contributed by atoms with Crippen LogP contribution in [0, 0.1) is 11.6 Å². The molecule has 3 aromatic rings. The van der Waals surface area contributed by atoms with Crippen LogP contribution < -0.4 is 9.64 Å². The molecule has 1 saturated heterocycles. The van der Waals surface area contributed by atoms with Crippen molar-refractivity contribution in [3.05, 3.63) is 58.4 Å². The number of anilines is 1. The largest absolute Gasteiger partial charge is 0.493 e. The molecular weight excluding hydrogens is 556 g/mol. The molecule has 12 heteroatoms. The number of aromatic nitrogens is 2. The van der Waals surface area contributed by atoms with E-state index >= 15 is 4.39 Å². The van der Waals surface area contributed by atoms with Crippen LogP contribution >= 0.6 is 11.6 Å². The first-order valence-corrected chi connectivity index (χ1v) is 13.8. The van der Waals surface area contributed by atoms with Gasteiger partial charge >= 0.3 is 6.09 Å². The van der Waals surface area contributed by atoms with Gasteiger partial charge in [0.05, 0.1) is 29.5 Å². The zero-order chi connectivity index (χ0) is 29.5. The van der Waals surface area contributed by atoms with Gasteiger partial charge < -0.3 is 24.3 Å². The predicted octanol–water partition coefficient (Wildman–Crippen LogP) is 5.84. The number of nitrogens with one attached hydrogen (secondary N) is 1. The van der Waals surface area contributed by atoms with E-state index in [0.717, 1.165) is 19.0 Å². The standard InChI is InChI=1S/C29H32ClF2N5O4/c1-29(2,3)41-28(39)37-8-6-5-7-22(37)18-14-20(30)24(32)25-19(18)15-21(34-25)27(38)36-11-9-35(10-12-36)26-23(40-4)13-17(31)16-33-26/h7,13-16,34H,5-6,8-12H2,1-4H3. The highest BCUT2D eigenvalue weighted by molar-refractivity contribution is 6.32. The third-order valence-electron chi connectivity index (χ3n) is 7.03. The summed E-state index contributed by atoms with van der Waals surface area (Å²) in [4.78, 5) is 38.8. The monoisotopic (exact) mass is 587 g/mol. The molecule has 2 aromatic heterocycles. The number of carbonyl (C=O) groups is 2. The second-order valence-electron chi connectivity index (χ2n) is 11.0. The summed E-state index contributed by atoms with van der Waals surface area (Å²) in [6, 6.07) is 4.36. The smallest absolute Gasteiger partial charge is 0.414 e. The number of nitrogens with zero attached hydrogens (tertiary/aromatic N) is 4. The maximum Gasteiger partial charge on any atom is 0.414 e. The lowest BCUT2D eigenvalue weighted by molar-refractivity contribution is 0.0346. The van der Waals surface area contributed by atoms with E-state index in [1.54, 1.807) is 31.7 Å². The van der Waals surface area contributed by atoms with Crippen LogP contribution in [0.1, 0.15) is 49.7 Å². The Bertz CT molecular complexity index is 1530. The van der Waals surface area contributed by atoms with E-state index in [1.165, 1.54) is 24.1 Å². The lowest BCUT2D eigenvalue weighted by Gasteiger charge is -2.35. The van der Waals surface area contributed by atoms with E-state index in [2.05, 4.69) is 9.97 Å². The Kier molecular flexibility index (Phi) is 7.83. The van der Waals surface area contributed by atoms with E-state index in [9.17, 15) is 14.0 Å². The lowest BCUT2D eigenvalue weighted by Crippen LogP contribution is -2.49. The summed E-state index contributed by atoms with van der Waals surface area (Å²) in [6.45, 7) is 7.44. The van der Waals surface area contributed by atoms with Gasteiger partial charge in [0.2, 0.25) is 0 Å². The van der Waals surface area contributed by atoms with E-state index in [0.29, 0.717) is 60.9 Å². The molecule has 0 spiro atoms. The fourth-order valence-electron chi connectivity index (χ4n) is 5.13. The molecule has 0 saturated carbocycles. The normalized spacial score (nSPS) is 16.2. The molecule has 0 atom stereocenters. The highest BCUT2D eigenvalue weighted by atomic mass is 35.5. The molecular formula is C29H32ClF2N5O4. The molecule has 1 aromatic carbocycles. The zero-order valence-electron chi connectivity index (χ0n) is 23.4. The number of hydrogen-bond acceptors (Lipinski definition) is 6. The van der Waals surface area contributed by atoms with E-state index in [4.69, 9.17) is 21.1 Å². The van der Waals surface area contributed by atoms with Crippen molar-refractivity contribution < 1.29 is 27.8 Å². The first kappa shape index (κ1) is 28.7. The number of piperazine rings is 1. The molecule has 0 bridgehead atoms. The average Bonchev–Trinajstić information content (AvgIpc) is 3.39. The number of carbonyl (C=O) groups excluding carboxylic acids is 2. The summed E-state index contributed by atoms with van der Waals surface area (Å²) in [5, 5.41) is 0.314. The second kappa shape index (κ2) is 11.2. The van der Waals surface area contributed by atoms with Gasteiger partial charge in [-0.2, -0.15) is 0 Å². The minimum Gasteiger partial charge on any atom is -0.493 e.